The maximum Gasteiger partial charge on any atom is 0.334 e. The lowest BCUT2D eigenvalue weighted by molar-refractivity contribution is -0.139. The number of benzene rings is 6. The van der Waals surface area contributed by atoms with Crippen LogP contribution in [0.25, 0.3) is 43.1 Å². The number of carbonyl (C=O) groups is 2. The standard InChI is InChI=1S/C28H20O8/c1-35-27(33)15-9-13-14(10-16(15)28(34)36-2)26(32)24-20-12-6-4-3-5-11(12)19(23(24)25(13)31)21-17(29)7-8-18(30)22(20)21/h3-8,29-32H,9-10H2,1-2H3. The third-order valence-electron chi connectivity index (χ3n) is 7.22. The van der Waals surface area contributed by atoms with Crippen molar-refractivity contribution in [1.29, 1.82) is 0 Å². The second-order valence-electron chi connectivity index (χ2n) is 8.85. The van der Waals surface area contributed by atoms with Crippen LogP contribution in [0.1, 0.15) is 11.1 Å². The third-order valence-corrected chi connectivity index (χ3v) is 7.22. The van der Waals surface area contributed by atoms with Crippen molar-refractivity contribution < 1.29 is 39.5 Å². The Hall–Kier alpha value is -4.72. The molecular weight excluding hydrogens is 464 g/mol. The van der Waals surface area contributed by atoms with E-state index < -0.39 is 11.9 Å². The molecule has 6 aromatic rings. The number of hydrogen-bond donors (Lipinski definition) is 4. The van der Waals surface area contributed by atoms with Crippen LogP contribution >= 0.6 is 0 Å². The molecule has 0 spiro atoms. The van der Waals surface area contributed by atoms with E-state index in [1.54, 1.807) is 0 Å². The monoisotopic (exact) mass is 484 g/mol. The molecule has 0 radical (unpaired) electrons. The Morgan fingerprint density at radius 3 is 1.36 bits per heavy atom. The van der Waals surface area contributed by atoms with E-state index in [1.807, 2.05) is 24.3 Å². The molecule has 6 aromatic carbocycles. The largest absolute Gasteiger partial charge is 0.507 e. The fourth-order valence-corrected chi connectivity index (χ4v) is 5.69. The summed E-state index contributed by atoms with van der Waals surface area (Å²) in [5.74, 6) is -2.01. The van der Waals surface area contributed by atoms with E-state index in [0.717, 1.165) is 10.8 Å². The number of methoxy groups -OCH3 is 2. The minimum absolute atomic E-state index is 0.0337. The summed E-state index contributed by atoms with van der Waals surface area (Å²) in [5, 5.41) is 48.5. The maximum atomic E-state index is 12.5. The lowest BCUT2D eigenvalue weighted by Crippen LogP contribution is -2.22. The first kappa shape index (κ1) is 21.8. The van der Waals surface area contributed by atoms with Gasteiger partial charge in [0.05, 0.1) is 25.4 Å². The van der Waals surface area contributed by atoms with E-state index in [-0.39, 0.29) is 58.1 Å². The van der Waals surface area contributed by atoms with Crippen LogP contribution in [-0.2, 0) is 31.9 Å². The van der Waals surface area contributed by atoms with Gasteiger partial charge < -0.3 is 29.9 Å². The number of ether oxygens (including phenoxy) is 2. The Labute approximate surface area is 203 Å². The second kappa shape index (κ2) is 7.39. The van der Waals surface area contributed by atoms with Gasteiger partial charge in [-0.05, 0) is 22.9 Å². The fourth-order valence-electron chi connectivity index (χ4n) is 5.69. The van der Waals surface area contributed by atoms with Crippen molar-refractivity contribution in [2.75, 3.05) is 14.2 Å². The summed E-state index contributed by atoms with van der Waals surface area (Å²) in [4.78, 5) is 25.1. The number of phenolic OH excluding ortho intramolecular Hbond substituents is 4. The summed E-state index contributed by atoms with van der Waals surface area (Å²) in [6.45, 7) is 0. The van der Waals surface area contributed by atoms with E-state index in [9.17, 15) is 30.0 Å². The molecule has 0 atom stereocenters. The first-order valence-electron chi connectivity index (χ1n) is 11.2. The second-order valence-corrected chi connectivity index (χ2v) is 8.85. The van der Waals surface area contributed by atoms with Gasteiger partial charge >= 0.3 is 11.9 Å². The third kappa shape index (κ3) is 2.58. The van der Waals surface area contributed by atoms with Crippen LogP contribution in [0.3, 0.4) is 0 Å². The number of fused-ring (bicyclic) bond motifs is 1. The van der Waals surface area contributed by atoms with Crippen molar-refractivity contribution in [1.82, 2.24) is 0 Å². The topological polar surface area (TPSA) is 134 Å². The molecule has 8 nitrogen and oxygen atoms in total. The van der Waals surface area contributed by atoms with Gasteiger partial charge in [-0.2, -0.15) is 0 Å². The molecule has 0 aliphatic heterocycles. The van der Waals surface area contributed by atoms with Gasteiger partial charge in [0.2, 0.25) is 0 Å². The molecule has 36 heavy (non-hydrogen) atoms. The van der Waals surface area contributed by atoms with Crippen molar-refractivity contribution in [3.63, 3.8) is 0 Å². The smallest absolute Gasteiger partial charge is 0.334 e. The van der Waals surface area contributed by atoms with Gasteiger partial charge in [-0.3, -0.25) is 0 Å². The number of phenols is 4. The van der Waals surface area contributed by atoms with Crippen LogP contribution in [0, 0.1) is 0 Å². The number of aromatic hydroxyl groups is 4. The molecule has 0 fully saturated rings. The fraction of sp³-hybridized carbons (Fsp3) is 0.143. The average Bonchev–Trinajstić information content (AvgIpc) is 2.91. The number of rotatable bonds is 2. The number of esters is 2. The molecule has 0 unspecified atom stereocenters. The van der Waals surface area contributed by atoms with Crippen LogP contribution in [-0.4, -0.2) is 46.6 Å². The van der Waals surface area contributed by atoms with Crippen LogP contribution in [0.15, 0.2) is 47.5 Å². The molecule has 8 heteroatoms. The van der Waals surface area contributed by atoms with Gasteiger partial charge in [0.1, 0.15) is 23.0 Å². The summed E-state index contributed by atoms with van der Waals surface area (Å²) < 4.78 is 9.73. The highest BCUT2D eigenvalue weighted by molar-refractivity contribution is 6.43. The molecule has 0 saturated heterocycles. The molecule has 180 valence electrons. The highest BCUT2D eigenvalue weighted by Gasteiger charge is 2.35. The lowest BCUT2D eigenvalue weighted by Gasteiger charge is -2.27. The van der Waals surface area contributed by atoms with E-state index in [1.165, 1.54) is 26.4 Å². The molecule has 0 amide bonds. The van der Waals surface area contributed by atoms with Gasteiger partial charge in [0, 0.05) is 56.3 Å². The summed E-state index contributed by atoms with van der Waals surface area (Å²) in [6.07, 6.45) is -0.329. The van der Waals surface area contributed by atoms with Crippen molar-refractivity contribution >= 4 is 55.0 Å². The van der Waals surface area contributed by atoms with Crippen LogP contribution < -0.4 is 0 Å². The van der Waals surface area contributed by atoms with Gasteiger partial charge in [0.25, 0.3) is 0 Å². The molecule has 4 N–H and O–H groups in total. The Morgan fingerprint density at radius 2 is 1.00 bits per heavy atom. The van der Waals surface area contributed by atoms with Crippen LogP contribution in [0.4, 0.5) is 0 Å². The minimum Gasteiger partial charge on any atom is -0.507 e. The van der Waals surface area contributed by atoms with Crippen molar-refractivity contribution in [2.45, 2.75) is 12.8 Å². The van der Waals surface area contributed by atoms with Gasteiger partial charge in [-0.1, -0.05) is 24.3 Å². The minimum atomic E-state index is -0.737. The summed E-state index contributed by atoms with van der Waals surface area (Å²) in [6, 6.07) is 10.1. The van der Waals surface area contributed by atoms with Crippen LogP contribution in [0.5, 0.6) is 23.0 Å². The lowest BCUT2D eigenvalue weighted by atomic mass is 9.78. The molecule has 0 heterocycles. The molecule has 2 bridgehead atoms. The van der Waals surface area contributed by atoms with Crippen molar-refractivity contribution in [3.8, 4) is 23.0 Å². The molecule has 1 aliphatic rings. The van der Waals surface area contributed by atoms with Crippen LogP contribution in [0.2, 0.25) is 0 Å². The molecule has 1 aliphatic carbocycles. The van der Waals surface area contributed by atoms with Gasteiger partial charge in [-0.25, -0.2) is 9.59 Å². The average molecular weight is 484 g/mol. The Kier molecular flexibility index (Phi) is 4.47. The molecule has 7 rings (SSSR count). The zero-order valence-electron chi connectivity index (χ0n) is 19.3. The quantitative estimate of drug-likeness (QED) is 0.166. The van der Waals surface area contributed by atoms with Crippen molar-refractivity contribution in [2.24, 2.45) is 0 Å². The first-order chi connectivity index (χ1) is 17.3. The van der Waals surface area contributed by atoms with Crippen molar-refractivity contribution in [3.05, 3.63) is 58.7 Å². The summed E-state index contributed by atoms with van der Waals surface area (Å²) in [5.41, 5.74) is 0.620. The zero-order valence-corrected chi connectivity index (χ0v) is 19.3. The van der Waals surface area contributed by atoms with E-state index in [4.69, 9.17) is 9.47 Å². The predicted molar refractivity (Wildman–Crippen MR) is 133 cm³/mol. The Morgan fingerprint density at radius 1 is 0.611 bits per heavy atom. The Bertz CT molecular complexity index is 1700. The number of hydrogen-bond acceptors (Lipinski definition) is 8. The molecule has 0 saturated carbocycles. The van der Waals surface area contributed by atoms with E-state index >= 15 is 0 Å². The van der Waals surface area contributed by atoms with Gasteiger partial charge in [0.15, 0.2) is 0 Å². The Balaban J connectivity index is 1.84. The number of carbonyl (C=O) groups excluding carboxylic acids is 2. The van der Waals surface area contributed by atoms with Gasteiger partial charge in [-0.15, -0.1) is 0 Å². The SMILES string of the molecule is COC(=O)C1=C(C(=O)OC)Cc2c(c(O)c3c(c2O)c2c4ccccc4c3c3c(O)ccc(O)c32)C1. The highest BCUT2D eigenvalue weighted by Crippen LogP contribution is 2.56. The zero-order chi connectivity index (χ0) is 25.5. The molecule has 0 aromatic heterocycles. The van der Waals surface area contributed by atoms with E-state index in [2.05, 4.69) is 0 Å². The summed E-state index contributed by atoms with van der Waals surface area (Å²) in [7, 11) is 2.39. The molecular formula is C28H20O8. The van der Waals surface area contributed by atoms with E-state index in [0.29, 0.717) is 32.3 Å². The predicted octanol–water partition coefficient (Wildman–Crippen LogP) is 4.30. The highest BCUT2D eigenvalue weighted by atomic mass is 16.5. The maximum absolute atomic E-state index is 12.5. The summed E-state index contributed by atoms with van der Waals surface area (Å²) >= 11 is 0. The normalized spacial score (nSPS) is 13.6. The first-order valence-corrected chi connectivity index (χ1v) is 11.2.